The Morgan fingerprint density at radius 3 is 2.33 bits per heavy atom. The van der Waals surface area contributed by atoms with E-state index >= 15 is 0 Å². The van der Waals surface area contributed by atoms with Gasteiger partial charge in [-0.1, -0.05) is 19.1 Å². The fraction of sp³-hybridized carbons (Fsp3) is 0.800. The Bertz CT molecular complexity index is 122. The molecule has 72 valence electrons. The van der Waals surface area contributed by atoms with Gasteiger partial charge in [0.25, 0.3) is 0 Å². The minimum Gasteiger partial charge on any atom is -0.236 e. The second-order valence-electron chi connectivity index (χ2n) is 3.69. The van der Waals surface area contributed by atoms with Crippen LogP contribution in [-0.4, -0.2) is 12.2 Å². The SMILES string of the molecule is CC/C=C/CCOOC(C)(C)C. The van der Waals surface area contributed by atoms with Gasteiger partial charge in [-0.2, -0.15) is 0 Å². The van der Waals surface area contributed by atoms with Gasteiger partial charge < -0.3 is 0 Å². The molecule has 0 aromatic rings. The van der Waals surface area contributed by atoms with Crippen LogP contribution in [0.5, 0.6) is 0 Å². The summed E-state index contributed by atoms with van der Waals surface area (Å²) < 4.78 is 0. The lowest BCUT2D eigenvalue weighted by Gasteiger charge is -2.16. The predicted octanol–water partition coefficient (Wildman–Crippen LogP) is 3.09. The summed E-state index contributed by atoms with van der Waals surface area (Å²) in [5, 5.41) is 0. The third-order valence-electron chi connectivity index (χ3n) is 1.08. The molecule has 0 N–H and O–H groups in total. The van der Waals surface area contributed by atoms with Gasteiger partial charge in [0.2, 0.25) is 0 Å². The quantitative estimate of drug-likeness (QED) is 0.274. The van der Waals surface area contributed by atoms with Crippen molar-refractivity contribution in [2.45, 2.75) is 46.1 Å². The summed E-state index contributed by atoms with van der Waals surface area (Å²) in [6.45, 7) is 8.65. The predicted molar refractivity (Wildman–Crippen MR) is 50.8 cm³/mol. The highest BCUT2D eigenvalue weighted by atomic mass is 17.2. The van der Waals surface area contributed by atoms with E-state index in [-0.39, 0.29) is 5.60 Å². The summed E-state index contributed by atoms with van der Waals surface area (Å²) in [7, 11) is 0. The maximum absolute atomic E-state index is 5.08. The van der Waals surface area contributed by atoms with Crippen LogP contribution in [-0.2, 0) is 9.78 Å². The normalized spacial score (nSPS) is 12.7. The molecule has 0 saturated heterocycles. The number of allylic oxidation sites excluding steroid dienone is 1. The van der Waals surface area contributed by atoms with Crippen molar-refractivity contribution in [2.24, 2.45) is 0 Å². The Balaban J connectivity index is 3.17. The maximum Gasteiger partial charge on any atom is 0.0952 e. The molecule has 2 nitrogen and oxygen atoms in total. The number of hydrogen-bond donors (Lipinski definition) is 0. The number of hydrogen-bond acceptors (Lipinski definition) is 2. The van der Waals surface area contributed by atoms with Gasteiger partial charge in [-0.05, 0) is 33.6 Å². The Labute approximate surface area is 75.5 Å². The lowest BCUT2D eigenvalue weighted by Crippen LogP contribution is -2.19. The Hall–Kier alpha value is -0.340. The number of rotatable bonds is 5. The van der Waals surface area contributed by atoms with Crippen molar-refractivity contribution in [3.05, 3.63) is 12.2 Å². The minimum atomic E-state index is -0.200. The van der Waals surface area contributed by atoms with Gasteiger partial charge in [0.15, 0.2) is 0 Å². The monoisotopic (exact) mass is 172 g/mol. The van der Waals surface area contributed by atoms with Gasteiger partial charge >= 0.3 is 0 Å². The van der Waals surface area contributed by atoms with Crippen LogP contribution >= 0.6 is 0 Å². The minimum absolute atomic E-state index is 0.200. The van der Waals surface area contributed by atoms with Crippen LogP contribution in [0.25, 0.3) is 0 Å². The molecule has 0 atom stereocenters. The summed E-state index contributed by atoms with van der Waals surface area (Å²) in [5.74, 6) is 0. The van der Waals surface area contributed by atoms with Crippen molar-refractivity contribution in [1.82, 2.24) is 0 Å². The molecule has 0 unspecified atom stereocenters. The highest BCUT2D eigenvalue weighted by molar-refractivity contribution is 4.79. The van der Waals surface area contributed by atoms with Crippen molar-refractivity contribution in [3.8, 4) is 0 Å². The van der Waals surface area contributed by atoms with E-state index in [1.807, 2.05) is 20.8 Å². The third kappa shape index (κ3) is 9.66. The Morgan fingerprint density at radius 1 is 1.17 bits per heavy atom. The van der Waals surface area contributed by atoms with E-state index in [1.54, 1.807) is 0 Å². The first-order valence-corrected chi connectivity index (χ1v) is 4.52. The molecule has 0 aromatic heterocycles. The van der Waals surface area contributed by atoms with Crippen molar-refractivity contribution >= 4 is 0 Å². The molecule has 0 aliphatic rings. The summed E-state index contributed by atoms with van der Waals surface area (Å²) in [4.78, 5) is 10.1. The van der Waals surface area contributed by atoms with Crippen LogP contribution in [0.1, 0.15) is 40.5 Å². The molecule has 0 aliphatic carbocycles. The topological polar surface area (TPSA) is 18.5 Å². The summed E-state index contributed by atoms with van der Waals surface area (Å²) in [6.07, 6.45) is 6.23. The van der Waals surface area contributed by atoms with Crippen LogP contribution in [0, 0.1) is 0 Å². The second kappa shape index (κ2) is 6.21. The van der Waals surface area contributed by atoms with E-state index < -0.39 is 0 Å². The molecule has 0 bridgehead atoms. The van der Waals surface area contributed by atoms with Gasteiger partial charge in [0.1, 0.15) is 0 Å². The first-order valence-electron chi connectivity index (χ1n) is 4.52. The standard InChI is InChI=1S/C10H20O2/c1-5-6-7-8-9-11-12-10(2,3)4/h6-7H,5,8-9H2,1-4H3/b7-6+. The fourth-order valence-electron chi connectivity index (χ4n) is 0.619. The zero-order valence-corrected chi connectivity index (χ0v) is 8.59. The van der Waals surface area contributed by atoms with E-state index in [0.29, 0.717) is 6.61 Å². The van der Waals surface area contributed by atoms with Crippen LogP contribution < -0.4 is 0 Å². The van der Waals surface area contributed by atoms with Gasteiger partial charge in [0.05, 0.1) is 12.2 Å². The zero-order chi connectivity index (χ0) is 9.45. The van der Waals surface area contributed by atoms with Crippen molar-refractivity contribution in [3.63, 3.8) is 0 Å². The lowest BCUT2D eigenvalue weighted by atomic mass is 10.2. The molecule has 0 rings (SSSR count). The van der Waals surface area contributed by atoms with E-state index in [4.69, 9.17) is 9.78 Å². The van der Waals surface area contributed by atoms with Gasteiger partial charge in [-0.25, -0.2) is 9.78 Å². The molecule has 0 radical (unpaired) electrons. The third-order valence-corrected chi connectivity index (χ3v) is 1.08. The molecule has 0 amide bonds. The second-order valence-corrected chi connectivity index (χ2v) is 3.69. The zero-order valence-electron chi connectivity index (χ0n) is 8.59. The smallest absolute Gasteiger partial charge is 0.0952 e. The molecule has 0 heterocycles. The van der Waals surface area contributed by atoms with E-state index in [0.717, 1.165) is 12.8 Å². The molecular weight excluding hydrogens is 152 g/mol. The summed E-state index contributed by atoms with van der Waals surface area (Å²) in [5.41, 5.74) is -0.200. The van der Waals surface area contributed by atoms with Gasteiger partial charge in [0, 0.05) is 0 Å². The lowest BCUT2D eigenvalue weighted by molar-refractivity contribution is -0.347. The van der Waals surface area contributed by atoms with Crippen LogP contribution in [0.4, 0.5) is 0 Å². The molecule has 0 saturated carbocycles. The van der Waals surface area contributed by atoms with Crippen molar-refractivity contribution in [2.75, 3.05) is 6.61 Å². The summed E-state index contributed by atoms with van der Waals surface area (Å²) >= 11 is 0. The van der Waals surface area contributed by atoms with Crippen LogP contribution in [0.2, 0.25) is 0 Å². The largest absolute Gasteiger partial charge is 0.236 e. The van der Waals surface area contributed by atoms with Gasteiger partial charge in [-0.15, -0.1) is 0 Å². The Morgan fingerprint density at radius 2 is 1.83 bits per heavy atom. The summed E-state index contributed by atoms with van der Waals surface area (Å²) in [6, 6.07) is 0. The maximum atomic E-state index is 5.08. The molecular formula is C10H20O2. The van der Waals surface area contributed by atoms with Crippen LogP contribution in [0.3, 0.4) is 0 Å². The first kappa shape index (κ1) is 11.7. The van der Waals surface area contributed by atoms with E-state index in [9.17, 15) is 0 Å². The molecule has 0 aromatic carbocycles. The first-order chi connectivity index (χ1) is 5.56. The Kier molecular flexibility index (Phi) is 6.03. The fourth-order valence-corrected chi connectivity index (χ4v) is 0.619. The molecule has 12 heavy (non-hydrogen) atoms. The molecule has 0 spiro atoms. The average molecular weight is 172 g/mol. The highest BCUT2D eigenvalue weighted by Crippen LogP contribution is 2.06. The highest BCUT2D eigenvalue weighted by Gasteiger charge is 2.10. The molecule has 0 aliphatic heterocycles. The van der Waals surface area contributed by atoms with Crippen molar-refractivity contribution < 1.29 is 9.78 Å². The van der Waals surface area contributed by atoms with E-state index in [1.165, 1.54) is 0 Å². The van der Waals surface area contributed by atoms with Crippen LogP contribution in [0.15, 0.2) is 12.2 Å². The molecule has 2 heteroatoms. The van der Waals surface area contributed by atoms with Crippen molar-refractivity contribution in [1.29, 1.82) is 0 Å². The average Bonchev–Trinajstić information content (AvgIpc) is 1.94. The molecule has 0 fully saturated rings. The van der Waals surface area contributed by atoms with Gasteiger partial charge in [-0.3, -0.25) is 0 Å². The van der Waals surface area contributed by atoms with E-state index in [2.05, 4.69) is 19.1 Å².